The smallest absolute Gasteiger partial charge is 0.225 e. The molecule has 0 aromatic heterocycles. The summed E-state index contributed by atoms with van der Waals surface area (Å²) in [7, 11) is 2.12. The minimum Gasteiger partial charge on any atom is -0.379 e. The number of carbonyl (C=O) groups excluding carboxylic acids is 2. The van der Waals surface area contributed by atoms with Gasteiger partial charge in [-0.1, -0.05) is 12.1 Å². The van der Waals surface area contributed by atoms with Gasteiger partial charge in [-0.05, 0) is 36.5 Å². The largest absolute Gasteiger partial charge is 0.379 e. The molecule has 0 aliphatic carbocycles. The molecule has 0 saturated carbocycles. The lowest BCUT2D eigenvalue weighted by Gasteiger charge is -2.33. The van der Waals surface area contributed by atoms with Crippen LogP contribution >= 0.6 is 0 Å². The number of rotatable bonds is 7. The van der Waals surface area contributed by atoms with E-state index in [2.05, 4.69) is 40.4 Å². The van der Waals surface area contributed by atoms with E-state index in [1.54, 1.807) is 0 Å². The van der Waals surface area contributed by atoms with Crippen LogP contribution in [0.1, 0.15) is 30.4 Å². The Morgan fingerprint density at radius 3 is 2.83 bits per heavy atom. The van der Waals surface area contributed by atoms with Crippen LogP contribution in [0.2, 0.25) is 0 Å². The highest BCUT2D eigenvalue weighted by Crippen LogP contribution is 2.27. The molecule has 1 N–H and O–H groups in total. The second-order valence-electron chi connectivity index (χ2n) is 8.74. The molecule has 1 aromatic rings. The molecule has 0 bridgehead atoms. The van der Waals surface area contributed by atoms with E-state index in [4.69, 9.17) is 4.74 Å². The number of ether oxygens (including phenoxy) is 1. The molecule has 1 aromatic carbocycles. The summed E-state index contributed by atoms with van der Waals surface area (Å²) < 4.78 is 5.38. The average molecular weight is 415 g/mol. The molecular formula is C23H34N4O3. The number of anilines is 1. The molecule has 1 unspecified atom stereocenters. The van der Waals surface area contributed by atoms with Gasteiger partial charge < -0.3 is 19.9 Å². The second-order valence-corrected chi connectivity index (χ2v) is 8.74. The Morgan fingerprint density at radius 2 is 2.00 bits per heavy atom. The first-order valence-electron chi connectivity index (χ1n) is 11.3. The van der Waals surface area contributed by atoms with E-state index in [1.807, 2.05) is 4.90 Å². The molecule has 7 heteroatoms. The van der Waals surface area contributed by atoms with Crippen molar-refractivity contribution in [2.24, 2.45) is 5.92 Å². The molecule has 0 spiro atoms. The van der Waals surface area contributed by atoms with Crippen molar-refractivity contribution in [3.8, 4) is 0 Å². The number of hydrogen-bond acceptors (Lipinski definition) is 5. The Balaban J connectivity index is 1.23. The van der Waals surface area contributed by atoms with Gasteiger partial charge in [0.25, 0.3) is 0 Å². The van der Waals surface area contributed by atoms with E-state index < -0.39 is 0 Å². The topological polar surface area (TPSA) is 65.1 Å². The summed E-state index contributed by atoms with van der Waals surface area (Å²) >= 11 is 0. The number of carbonyl (C=O) groups is 2. The van der Waals surface area contributed by atoms with E-state index in [-0.39, 0.29) is 17.7 Å². The standard InChI is InChI=1S/C23H34N4O3/c1-25-10-7-19-15-18(3-5-21(19)25)16-24-23(29)20-4-6-22(28)27(17-20)9-2-8-26-11-13-30-14-12-26/h3,5,15,20H,2,4,6-14,16-17H2,1H3,(H,24,29). The second kappa shape index (κ2) is 9.79. The monoisotopic (exact) mass is 414 g/mol. The van der Waals surface area contributed by atoms with Crippen molar-refractivity contribution < 1.29 is 14.3 Å². The van der Waals surface area contributed by atoms with Crippen LogP contribution in [0.15, 0.2) is 18.2 Å². The predicted molar refractivity (Wildman–Crippen MR) is 116 cm³/mol. The first kappa shape index (κ1) is 21.1. The zero-order chi connectivity index (χ0) is 20.9. The average Bonchev–Trinajstić information content (AvgIpc) is 3.14. The number of nitrogens with zero attached hydrogens (tertiary/aromatic N) is 3. The lowest BCUT2D eigenvalue weighted by atomic mass is 9.96. The lowest BCUT2D eigenvalue weighted by Crippen LogP contribution is -2.46. The van der Waals surface area contributed by atoms with Crippen LogP contribution in [-0.4, -0.2) is 81.1 Å². The van der Waals surface area contributed by atoms with Gasteiger partial charge in [-0.15, -0.1) is 0 Å². The fraction of sp³-hybridized carbons (Fsp3) is 0.652. The van der Waals surface area contributed by atoms with E-state index in [0.717, 1.165) is 64.3 Å². The van der Waals surface area contributed by atoms with Crippen LogP contribution in [-0.2, 0) is 27.3 Å². The maximum atomic E-state index is 12.8. The Labute approximate surface area is 179 Å². The number of likely N-dealkylation sites (N-methyl/N-ethyl adjacent to an activating group) is 1. The minimum absolute atomic E-state index is 0.0679. The minimum atomic E-state index is -0.105. The molecule has 164 valence electrons. The fourth-order valence-electron chi connectivity index (χ4n) is 4.72. The molecule has 7 nitrogen and oxygen atoms in total. The third kappa shape index (κ3) is 5.13. The SMILES string of the molecule is CN1CCc2cc(CNC(=O)C3CCC(=O)N(CCCN4CCOCC4)C3)ccc21. The molecule has 2 saturated heterocycles. The van der Waals surface area contributed by atoms with E-state index in [1.165, 1.54) is 11.3 Å². The molecule has 3 aliphatic rings. The summed E-state index contributed by atoms with van der Waals surface area (Å²) in [6, 6.07) is 6.46. The molecule has 4 rings (SSSR count). The predicted octanol–water partition coefficient (Wildman–Crippen LogP) is 1.26. The normalized spacial score (nSPS) is 22.3. The van der Waals surface area contributed by atoms with Crippen molar-refractivity contribution in [1.29, 1.82) is 0 Å². The van der Waals surface area contributed by atoms with Gasteiger partial charge in [0.1, 0.15) is 0 Å². The Kier molecular flexibility index (Phi) is 6.89. The lowest BCUT2D eigenvalue weighted by molar-refractivity contribution is -0.138. The third-order valence-electron chi connectivity index (χ3n) is 6.62. The zero-order valence-corrected chi connectivity index (χ0v) is 18.1. The maximum Gasteiger partial charge on any atom is 0.225 e. The Morgan fingerprint density at radius 1 is 1.17 bits per heavy atom. The van der Waals surface area contributed by atoms with Crippen molar-refractivity contribution in [1.82, 2.24) is 15.1 Å². The van der Waals surface area contributed by atoms with E-state index in [9.17, 15) is 9.59 Å². The quantitative estimate of drug-likeness (QED) is 0.728. The number of benzene rings is 1. The van der Waals surface area contributed by atoms with Crippen LogP contribution in [0.4, 0.5) is 5.69 Å². The van der Waals surface area contributed by atoms with Crippen molar-refractivity contribution in [3.63, 3.8) is 0 Å². The Bertz CT molecular complexity index is 763. The Hall–Kier alpha value is -2.12. The van der Waals surface area contributed by atoms with E-state index in [0.29, 0.717) is 25.9 Å². The van der Waals surface area contributed by atoms with Crippen LogP contribution in [0.25, 0.3) is 0 Å². The van der Waals surface area contributed by atoms with Crippen molar-refractivity contribution in [2.45, 2.75) is 32.2 Å². The van der Waals surface area contributed by atoms with Crippen LogP contribution in [0, 0.1) is 5.92 Å². The number of hydrogen-bond donors (Lipinski definition) is 1. The highest BCUT2D eigenvalue weighted by molar-refractivity contribution is 5.83. The van der Waals surface area contributed by atoms with Crippen LogP contribution in [0.5, 0.6) is 0 Å². The van der Waals surface area contributed by atoms with Gasteiger partial charge in [0.05, 0.1) is 19.1 Å². The summed E-state index contributed by atoms with van der Waals surface area (Å²) in [5.41, 5.74) is 3.80. The first-order valence-corrected chi connectivity index (χ1v) is 11.3. The number of fused-ring (bicyclic) bond motifs is 1. The third-order valence-corrected chi connectivity index (χ3v) is 6.62. The summed E-state index contributed by atoms with van der Waals surface area (Å²) in [5.74, 6) is 0.147. The van der Waals surface area contributed by atoms with Gasteiger partial charge in [0.2, 0.25) is 11.8 Å². The molecule has 3 heterocycles. The van der Waals surface area contributed by atoms with E-state index >= 15 is 0 Å². The highest BCUT2D eigenvalue weighted by Gasteiger charge is 2.30. The highest BCUT2D eigenvalue weighted by atomic mass is 16.5. The van der Waals surface area contributed by atoms with Gasteiger partial charge >= 0.3 is 0 Å². The van der Waals surface area contributed by atoms with Gasteiger partial charge in [-0.2, -0.15) is 0 Å². The van der Waals surface area contributed by atoms with Crippen LogP contribution < -0.4 is 10.2 Å². The van der Waals surface area contributed by atoms with Gasteiger partial charge in [0.15, 0.2) is 0 Å². The maximum absolute atomic E-state index is 12.8. The number of piperidine rings is 1. The van der Waals surface area contributed by atoms with Crippen molar-refractivity contribution in [3.05, 3.63) is 29.3 Å². The number of likely N-dealkylation sites (tertiary alicyclic amines) is 1. The summed E-state index contributed by atoms with van der Waals surface area (Å²) in [5, 5.41) is 3.10. The zero-order valence-electron chi connectivity index (χ0n) is 18.1. The molecule has 3 aliphatic heterocycles. The summed E-state index contributed by atoms with van der Waals surface area (Å²) in [6.07, 6.45) is 3.14. The fourth-order valence-corrected chi connectivity index (χ4v) is 4.72. The van der Waals surface area contributed by atoms with Gasteiger partial charge in [-0.25, -0.2) is 0 Å². The first-order chi connectivity index (χ1) is 14.6. The number of nitrogens with one attached hydrogen (secondary N) is 1. The van der Waals surface area contributed by atoms with Gasteiger partial charge in [-0.3, -0.25) is 14.5 Å². The molecule has 1 atom stereocenters. The number of morpholine rings is 1. The summed E-state index contributed by atoms with van der Waals surface area (Å²) in [6.45, 7) is 7.41. The molecule has 30 heavy (non-hydrogen) atoms. The molecule has 2 amide bonds. The van der Waals surface area contributed by atoms with Crippen LogP contribution in [0.3, 0.4) is 0 Å². The molecular weight excluding hydrogens is 380 g/mol. The molecule has 0 radical (unpaired) electrons. The summed E-state index contributed by atoms with van der Waals surface area (Å²) in [4.78, 5) is 31.6. The van der Waals surface area contributed by atoms with Crippen molar-refractivity contribution in [2.75, 3.05) is 64.4 Å². The van der Waals surface area contributed by atoms with Gasteiger partial charge in [0, 0.05) is 65.0 Å². The number of amides is 2. The van der Waals surface area contributed by atoms with Crippen molar-refractivity contribution >= 4 is 17.5 Å². The molecule has 2 fully saturated rings.